The molecule has 0 aliphatic heterocycles. The zero-order valence-corrected chi connectivity index (χ0v) is 18.0. The van der Waals surface area contributed by atoms with Crippen molar-refractivity contribution >= 4 is 18.6 Å². The fourth-order valence-electron chi connectivity index (χ4n) is 3.04. The summed E-state index contributed by atoms with van der Waals surface area (Å²) >= 11 is 0. The van der Waals surface area contributed by atoms with Crippen LogP contribution in [0.15, 0.2) is 24.3 Å². The highest BCUT2D eigenvalue weighted by Crippen LogP contribution is 2.46. The summed E-state index contributed by atoms with van der Waals surface area (Å²) in [6.07, 6.45) is -0.467. The monoisotopic (exact) mass is 437 g/mol. The van der Waals surface area contributed by atoms with Crippen LogP contribution in [-0.2, 0) is 10.7 Å². The number of aromatic nitrogens is 3. The van der Waals surface area contributed by atoms with Crippen molar-refractivity contribution in [2.75, 3.05) is 27.4 Å². The van der Waals surface area contributed by atoms with E-state index in [-0.39, 0.29) is 5.75 Å². The number of hydrogen-bond donors (Lipinski definition) is 2. The topological polar surface area (TPSA) is 125 Å². The van der Waals surface area contributed by atoms with Gasteiger partial charge in [-0.3, -0.25) is 4.57 Å². The van der Waals surface area contributed by atoms with Crippen LogP contribution in [-0.4, -0.2) is 52.2 Å². The molecule has 3 rings (SSSR count). The third kappa shape index (κ3) is 4.51. The molecule has 0 spiro atoms. The van der Waals surface area contributed by atoms with Crippen molar-refractivity contribution in [1.82, 2.24) is 15.0 Å². The summed E-state index contributed by atoms with van der Waals surface area (Å²) in [6.45, 7) is 4.19. The van der Waals surface area contributed by atoms with E-state index in [9.17, 15) is 14.4 Å². The third-order valence-electron chi connectivity index (χ3n) is 4.23. The quantitative estimate of drug-likeness (QED) is 0.486. The SMILES string of the molecule is CCOc1c(CP(=O)(O)O)ccc(-n2nc3cc(OC)c(OC)cc3n2)c1OCC. The molecule has 162 valence electrons. The molecule has 0 saturated heterocycles. The van der Waals surface area contributed by atoms with Gasteiger partial charge in [-0.15, -0.1) is 15.0 Å². The van der Waals surface area contributed by atoms with Crippen LogP contribution in [0.3, 0.4) is 0 Å². The first-order valence-corrected chi connectivity index (χ1v) is 11.1. The number of nitrogens with zero attached hydrogens (tertiary/aromatic N) is 3. The predicted octanol–water partition coefficient (Wildman–Crippen LogP) is 2.91. The summed E-state index contributed by atoms with van der Waals surface area (Å²) in [7, 11) is -1.23. The van der Waals surface area contributed by atoms with Crippen LogP contribution in [0.5, 0.6) is 23.0 Å². The van der Waals surface area contributed by atoms with Gasteiger partial charge in [-0.1, -0.05) is 6.07 Å². The van der Waals surface area contributed by atoms with Crippen LogP contribution in [0.2, 0.25) is 0 Å². The van der Waals surface area contributed by atoms with E-state index in [2.05, 4.69) is 10.2 Å². The summed E-state index contributed by atoms with van der Waals surface area (Å²) in [5, 5.41) is 8.99. The number of ether oxygens (including phenoxy) is 4. The minimum atomic E-state index is -4.31. The first kappa shape index (κ1) is 21.9. The normalized spacial score (nSPS) is 11.5. The molecule has 11 heteroatoms. The van der Waals surface area contributed by atoms with Crippen LogP contribution in [0.25, 0.3) is 16.7 Å². The van der Waals surface area contributed by atoms with Gasteiger partial charge in [-0.25, -0.2) is 0 Å². The van der Waals surface area contributed by atoms with Gasteiger partial charge in [0.25, 0.3) is 0 Å². The Morgan fingerprint density at radius 3 is 1.93 bits per heavy atom. The zero-order chi connectivity index (χ0) is 21.9. The van der Waals surface area contributed by atoms with E-state index in [0.29, 0.717) is 52.7 Å². The molecule has 2 aromatic carbocycles. The molecule has 0 aliphatic carbocycles. The molecule has 0 bridgehead atoms. The highest BCUT2D eigenvalue weighted by atomic mass is 31.2. The second-order valence-electron chi connectivity index (χ2n) is 6.28. The summed E-state index contributed by atoms with van der Waals surface area (Å²) in [4.78, 5) is 20.2. The smallest absolute Gasteiger partial charge is 0.330 e. The number of hydrogen-bond acceptors (Lipinski definition) is 7. The number of methoxy groups -OCH3 is 2. The van der Waals surface area contributed by atoms with E-state index in [1.165, 1.54) is 19.0 Å². The second kappa shape index (κ2) is 8.91. The summed E-state index contributed by atoms with van der Waals surface area (Å²) < 4.78 is 33.7. The lowest BCUT2D eigenvalue weighted by atomic mass is 10.2. The van der Waals surface area contributed by atoms with Crippen molar-refractivity contribution in [3.8, 4) is 28.7 Å². The molecule has 10 nitrogen and oxygen atoms in total. The Balaban J connectivity index is 2.19. The van der Waals surface area contributed by atoms with Crippen molar-refractivity contribution in [1.29, 1.82) is 0 Å². The maximum absolute atomic E-state index is 11.6. The Hall–Kier alpha value is -2.81. The van der Waals surface area contributed by atoms with E-state index >= 15 is 0 Å². The third-order valence-corrected chi connectivity index (χ3v) is 4.98. The Morgan fingerprint density at radius 1 is 0.933 bits per heavy atom. The van der Waals surface area contributed by atoms with Crippen molar-refractivity contribution < 1.29 is 33.3 Å². The van der Waals surface area contributed by atoms with Crippen LogP contribution in [0.1, 0.15) is 19.4 Å². The van der Waals surface area contributed by atoms with Crippen LogP contribution >= 0.6 is 7.60 Å². The number of fused-ring (bicyclic) bond motifs is 1. The molecule has 3 aromatic rings. The van der Waals surface area contributed by atoms with Gasteiger partial charge in [0.2, 0.25) is 0 Å². The lowest BCUT2D eigenvalue weighted by Crippen LogP contribution is -2.08. The van der Waals surface area contributed by atoms with Crippen LogP contribution in [0.4, 0.5) is 0 Å². The fraction of sp³-hybridized carbons (Fsp3) is 0.368. The maximum atomic E-state index is 11.6. The Kier molecular flexibility index (Phi) is 6.50. The van der Waals surface area contributed by atoms with Gasteiger partial charge in [0.15, 0.2) is 23.0 Å². The molecule has 1 heterocycles. The first-order chi connectivity index (χ1) is 14.3. The molecular weight excluding hydrogens is 413 g/mol. The Morgan fingerprint density at radius 2 is 1.47 bits per heavy atom. The van der Waals surface area contributed by atoms with E-state index in [0.717, 1.165) is 0 Å². The summed E-state index contributed by atoms with van der Waals surface area (Å²) in [6, 6.07) is 6.65. The average molecular weight is 437 g/mol. The largest absolute Gasteiger partial charge is 0.493 e. The van der Waals surface area contributed by atoms with Gasteiger partial charge < -0.3 is 28.7 Å². The van der Waals surface area contributed by atoms with Gasteiger partial charge in [0.05, 0.1) is 33.6 Å². The molecule has 0 radical (unpaired) electrons. The standard InChI is InChI=1S/C19H24N3O7P/c1-5-28-18-12(11-30(23,24)25)7-8-15(19(18)29-6-2)22-20-13-9-16(26-3)17(27-4)10-14(13)21-22/h7-10H,5-6,11H2,1-4H3,(H2,23,24,25). The minimum Gasteiger partial charge on any atom is -0.493 e. The fourth-order valence-corrected chi connectivity index (χ4v) is 3.73. The number of rotatable bonds is 9. The van der Waals surface area contributed by atoms with Crippen molar-refractivity contribution in [2.45, 2.75) is 20.0 Å². The molecule has 0 aliphatic rings. The molecule has 0 atom stereocenters. The van der Waals surface area contributed by atoms with E-state index < -0.39 is 13.8 Å². The summed E-state index contributed by atoms with van der Waals surface area (Å²) in [5.41, 5.74) is 1.97. The van der Waals surface area contributed by atoms with Gasteiger partial charge >= 0.3 is 7.60 Å². The Labute approximate surface area is 173 Å². The van der Waals surface area contributed by atoms with Crippen molar-refractivity contribution in [3.05, 3.63) is 29.8 Å². The highest BCUT2D eigenvalue weighted by molar-refractivity contribution is 7.50. The van der Waals surface area contributed by atoms with Gasteiger partial charge in [-0.2, -0.15) is 0 Å². The average Bonchev–Trinajstić information content (AvgIpc) is 3.11. The first-order valence-electron chi connectivity index (χ1n) is 9.26. The van der Waals surface area contributed by atoms with Gasteiger partial charge in [-0.05, 0) is 19.9 Å². The predicted molar refractivity (Wildman–Crippen MR) is 110 cm³/mol. The Bertz CT molecular complexity index is 1050. The van der Waals surface area contributed by atoms with Gasteiger partial charge in [0.1, 0.15) is 16.7 Å². The lowest BCUT2D eigenvalue weighted by molar-refractivity contribution is 0.283. The van der Waals surface area contributed by atoms with E-state index in [1.807, 2.05) is 0 Å². The van der Waals surface area contributed by atoms with Crippen molar-refractivity contribution in [3.63, 3.8) is 0 Å². The minimum absolute atomic E-state index is 0.261. The molecule has 1 aromatic heterocycles. The molecule has 0 saturated carbocycles. The molecule has 0 unspecified atom stereocenters. The van der Waals surface area contributed by atoms with Crippen LogP contribution < -0.4 is 18.9 Å². The van der Waals surface area contributed by atoms with Crippen LogP contribution in [0, 0.1) is 0 Å². The highest BCUT2D eigenvalue weighted by Gasteiger charge is 2.24. The lowest BCUT2D eigenvalue weighted by Gasteiger charge is -2.18. The molecule has 0 amide bonds. The number of benzene rings is 2. The maximum Gasteiger partial charge on any atom is 0.330 e. The second-order valence-corrected chi connectivity index (χ2v) is 7.92. The molecule has 0 fully saturated rings. The molecule has 30 heavy (non-hydrogen) atoms. The molecule has 2 N–H and O–H groups in total. The molecular formula is C19H24N3O7P. The van der Waals surface area contributed by atoms with E-state index in [1.54, 1.807) is 38.1 Å². The zero-order valence-electron chi connectivity index (χ0n) is 17.2. The van der Waals surface area contributed by atoms with Crippen molar-refractivity contribution in [2.24, 2.45) is 0 Å². The van der Waals surface area contributed by atoms with E-state index in [4.69, 9.17) is 18.9 Å². The van der Waals surface area contributed by atoms with Gasteiger partial charge in [0, 0.05) is 17.7 Å². The summed E-state index contributed by atoms with van der Waals surface area (Å²) in [5.74, 6) is 1.62.